The van der Waals surface area contributed by atoms with Crippen LogP contribution in [0.2, 0.25) is 0 Å². The average molecular weight is 279 g/mol. The molecule has 0 saturated heterocycles. The van der Waals surface area contributed by atoms with E-state index in [1.165, 1.54) is 0 Å². The molecule has 0 fully saturated rings. The maximum atomic E-state index is 11.7. The first kappa shape index (κ1) is 15.9. The second-order valence-corrected chi connectivity index (χ2v) is 4.43. The number of hydrogen-bond donors (Lipinski definition) is 4. The van der Waals surface area contributed by atoms with Crippen LogP contribution in [0.4, 0.5) is 0 Å². The summed E-state index contributed by atoms with van der Waals surface area (Å²) in [5.41, 5.74) is 6.77. The van der Waals surface area contributed by atoms with Gasteiger partial charge in [-0.1, -0.05) is 12.1 Å². The van der Waals surface area contributed by atoms with E-state index in [1.54, 1.807) is 25.3 Å². The van der Waals surface area contributed by atoms with E-state index < -0.39 is 0 Å². The van der Waals surface area contributed by atoms with Crippen molar-refractivity contribution in [2.24, 2.45) is 10.9 Å². The number of aromatic nitrogens is 1. The van der Waals surface area contributed by atoms with E-state index in [2.05, 4.69) is 20.8 Å². The van der Waals surface area contributed by atoms with Crippen LogP contribution >= 0.6 is 0 Å². The Balaban J connectivity index is 2.55. The highest BCUT2D eigenvalue weighted by Crippen LogP contribution is 2.02. The molecule has 7 heteroatoms. The molecule has 1 aromatic heterocycles. The zero-order chi connectivity index (χ0) is 15.0. The van der Waals surface area contributed by atoms with E-state index in [4.69, 9.17) is 10.9 Å². The van der Waals surface area contributed by atoms with E-state index >= 15 is 0 Å². The van der Waals surface area contributed by atoms with Crippen LogP contribution in [0.1, 0.15) is 31.5 Å². The quantitative estimate of drug-likeness (QED) is 0.246. The molecule has 0 bridgehead atoms. The lowest BCUT2D eigenvalue weighted by Gasteiger charge is -2.14. The van der Waals surface area contributed by atoms with Crippen molar-refractivity contribution in [3.05, 3.63) is 29.6 Å². The Bertz CT molecular complexity index is 476. The van der Waals surface area contributed by atoms with Crippen LogP contribution in [0.15, 0.2) is 23.5 Å². The summed E-state index contributed by atoms with van der Waals surface area (Å²) in [5, 5.41) is 17.4. The highest BCUT2D eigenvalue weighted by Gasteiger charge is 2.11. The summed E-state index contributed by atoms with van der Waals surface area (Å²) < 4.78 is 0. The van der Waals surface area contributed by atoms with Crippen LogP contribution in [0, 0.1) is 0 Å². The number of nitrogens with one attached hydrogen (secondary N) is 2. The van der Waals surface area contributed by atoms with Crippen molar-refractivity contribution < 1.29 is 10.0 Å². The van der Waals surface area contributed by atoms with Gasteiger partial charge in [0, 0.05) is 19.3 Å². The van der Waals surface area contributed by atoms with Crippen LogP contribution in [0.5, 0.6) is 0 Å². The summed E-state index contributed by atoms with van der Waals surface area (Å²) in [6.07, 6.45) is 2.48. The Morgan fingerprint density at radius 2 is 2.35 bits per heavy atom. The minimum Gasteiger partial charge on any atom is -0.409 e. The van der Waals surface area contributed by atoms with Gasteiger partial charge in [0.15, 0.2) is 5.84 Å². The van der Waals surface area contributed by atoms with Gasteiger partial charge in [0.1, 0.15) is 5.69 Å². The first-order chi connectivity index (χ1) is 9.58. The molecule has 1 aromatic rings. The van der Waals surface area contributed by atoms with Crippen LogP contribution in [0.25, 0.3) is 0 Å². The Kier molecular flexibility index (Phi) is 6.45. The molecule has 20 heavy (non-hydrogen) atoms. The van der Waals surface area contributed by atoms with Crippen molar-refractivity contribution in [2.75, 3.05) is 6.54 Å². The number of hydrogen-bond acceptors (Lipinski definition) is 5. The van der Waals surface area contributed by atoms with Crippen molar-refractivity contribution in [3.8, 4) is 0 Å². The predicted molar refractivity (Wildman–Crippen MR) is 76.4 cm³/mol. The number of nitrogens with zero attached hydrogens (tertiary/aromatic N) is 2. The number of nitrogens with two attached hydrogens (primary N) is 1. The van der Waals surface area contributed by atoms with Gasteiger partial charge in [-0.2, -0.15) is 0 Å². The summed E-state index contributed by atoms with van der Waals surface area (Å²) >= 11 is 0. The molecule has 0 aromatic carbocycles. The van der Waals surface area contributed by atoms with Gasteiger partial charge in [0.25, 0.3) is 0 Å². The number of carbonyl (C=O) groups excluding carboxylic acids is 1. The molecule has 110 valence electrons. The van der Waals surface area contributed by atoms with Crippen LogP contribution in [-0.2, 0) is 11.3 Å². The molecule has 0 aliphatic heterocycles. The fourth-order valence-corrected chi connectivity index (χ4v) is 1.54. The SMILES string of the molecule is CCCNC(=O)C(C)NCc1ccnc(C(N)=NO)c1. The Labute approximate surface area is 118 Å². The minimum absolute atomic E-state index is 0.0300. The van der Waals surface area contributed by atoms with Crippen LogP contribution < -0.4 is 16.4 Å². The lowest BCUT2D eigenvalue weighted by atomic mass is 10.2. The lowest BCUT2D eigenvalue weighted by Crippen LogP contribution is -2.42. The summed E-state index contributed by atoms with van der Waals surface area (Å²) in [6.45, 7) is 4.98. The lowest BCUT2D eigenvalue weighted by molar-refractivity contribution is -0.122. The standard InChI is InChI=1S/C13H21N5O2/c1-3-5-16-13(19)9(2)17-8-10-4-6-15-11(7-10)12(14)18-20/h4,6-7,9,17,20H,3,5,8H2,1-2H3,(H2,14,18)(H,16,19). The van der Waals surface area contributed by atoms with E-state index in [-0.39, 0.29) is 17.8 Å². The van der Waals surface area contributed by atoms with Crippen molar-refractivity contribution in [2.45, 2.75) is 32.9 Å². The summed E-state index contributed by atoms with van der Waals surface area (Å²) in [4.78, 5) is 15.7. The molecule has 1 heterocycles. The molecule has 0 radical (unpaired) electrons. The number of amides is 1. The molecule has 7 nitrogen and oxygen atoms in total. The second-order valence-electron chi connectivity index (χ2n) is 4.43. The molecule has 0 aliphatic rings. The number of carbonyl (C=O) groups is 1. The minimum atomic E-state index is -0.290. The van der Waals surface area contributed by atoms with Crippen molar-refractivity contribution in [1.82, 2.24) is 15.6 Å². The molecule has 1 atom stereocenters. The summed E-state index contributed by atoms with van der Waals surface area (Å²) in [5.74, 6) is -0.0712. The third kappa shape index (κ3) is 4.85. The molecule has 1 unspecified atom stereocenters. The number of amidine groups is 1. The first-order valence-corrected chi connectivity index (χ1v) is 6.52. The molecule has 0 saturated carbocycles. The van der Waals surface area contributed by atoms with Crippen LogP contribution in [0.3, 0.4) is 0 Å². The van der Waals surface area contributed by atoms with Gasteiger partial charge in [-0.15, -0.1) is 0 Å². The molecule has 0 aliphatic carbocycles. The summed E-state index contributed by atoms with van der Waals surface area (Å²) in [6, 6.07) is 3.22. The normalized spacial score (nSPS) is 13.0. The number of oxime groups is 1. The third-order valence-electron chi connectivity index (χ3n) is 2.75. The highest BCUT2D eigenvalue weighted by atomic mass is 16.4. The fraction of sp³-hybridized carbons (Fsp3) is 0.462. The zero-order valence-electron chi connectivity index (χ0n) is 11.8. The number of rotatable bonds is 7. The third-order valence-corrected chi connectivity index (χ3v) is 2.75. The van der Waals surface area contributed by atoms with Gasteiger partial charge in [0.2, 0.25) is 5.91 Å². The van der Waals surface area contributed by atoms with E-state index in [0.29, 0.717) is 18.8 Å². The Hall–Kier alpha value is -2.15. The van der Waals surface area contributed by atoms with Gasteiger partial charge in [-0.05, 0) is 31.0 Å². The van der Waals surface area contributed by atoms with Gasteiger partial charge >= 0.3 is 0 Å². The van der Waals surface area contributed by atoms with Crippen molar-refractivity contribution >= 4 is 11.7 Å². The van der Waals surface area contributed by atoms with Gasteiger partial charge in [0.05, 0.1) is 6.04 Å². The maximum Gasteiger partial charge on any atom is 0.236 e. The molecule has 1 amide bonds. The topological polar surface area (TPSA) is 113 Å². The molecular weight excluding hydrogens is 258 g/mol. The molecular formula is C13H21N5O2. The Morgan fingerprint density at radius 1 is 1.60 bits per heavy atom. The molecule has 0 spiro atoms. The van der Waals surface area contributed by atoms with Crippen molar-refractivity contribution in [1.29, 1.82) is 0 Å². The van der Waals surface area contributed by atoms with Gasteiger partial charge in [-0.3, -0.25) is 9.78 Å². The fourth-order valence-electron chi connectivity index (χ4n) is 1.54. The van der Waals surface area contributed by atoms with E-state index in [0.717, 1.165) is 12.0 Å². The maximum absolute atomic E-state index is 11.7. The first-order valence-electron chi connectivity index (χ1n) is 6.52. The van der Waals surface area contributed by atoms with Gasteiger partial charge in [-0.25, -0.2) is 0 Å². The molecule has 1 rings (SSSR count). The van der Waals surface area contributed by atoms with Gasteiger partial charge < -0.3 is 21.6 Å². The van der Waals surface area contributed by atoms with Crippen LogP contribution in [-0.4, -0.2) is 34.5 Å². The highest BCUT2D eigenvalue weighted by molar-refractivity contribution is 5.95. The zero-order valence-corrected chi connectivity index (χ0v) is 11.8. The number of pyridine rings is 1. The summed E-state index contributed by atoms with van der Waals surface area (Å²) in [7, 11) is 0. The van der Waals surface area contributed by atoms with E-state index in [1.807, 2.05) is 6.92 Å². The van der Waals surface area contributed by atoms with Crippen molar-refractivity contribution in [3.63, 3.8) is 0 Å². The molecule has 5 N–H and O–H groups in total. The monoisotopic (exact) mass is 279 g/mol. The smallest absolute Gasteiger partial charge is 0.236 e. The predicted octanol–water partition coefficient (Wildman–Crippen LogP) is 0.180. The largest absolute Gasteiger partial charge is 0.409 e. The second kappa shape index (κ2) is 8.11. The Morgan fingerprint density at radius 3 is 3.00 bits per heavy atom. The average Bonchev–Trinajstić information content (AvgIpc) is 2.49. The van der Waals surface area contributed by atoms with E-state index in [9.17, 15) is 4.79 Å².